The number of aromatic nitrogens is 3. The molecule has 0 fully saturated rings. The molecule has 0 aliphatic carbocycles. The standard InChI is InChI=1S/C23H23N5O2S/c1-13(2)28-22-17(12-24-28)16(11-20(26-22)21-6-5-9-31-21)23(30)27-19-10-14(3)7-8-18(19)25-15(4)29/h5-13H,1-4H3,(H,25,29)(H,27,30). The summed E-state index contributed by atoms with van der Waals surface area (Å²) < 4.78 is 1.82. The number of benzene rings is 1. The summed E-state index contributed by atoms with van der Waals surface area (Å²) >= 11 is 1.57. The van der Waals surface area contributed by atoms with Crippen LogP contribution in [-0.2, 0) is 4.79 Å². The number of nitrogens with zero attached hydrogens (tertiary/aromatic N) is 3. The predicted octanol–water partition coefficient (Wildman–Crippen LogP) is 5.26. The second kappa shape index (κ2) is 8.31. The van der Waals surface area contributed by atoms with Gasteiger partial charge in [0, 0.05) is 13.0 Å². The summed E-state index contributed by atoms with van der Waals surface area (Å²) in [5.74, 6) is -0.491. The summed E-state index contributed by atoms with van der Waals surface area (Å²) in [5, 5.41) is 12.8. The van der Waals surface area contributed by atoms with E-state index in [0.717, 1.165) is 16.1 Å². The van der Waals surface area contributed by atoms with E-state index in [-0.39, 0.29) is 17.9 Å². The molecular formula is C23H23N5O2S. The Hall–Kier alpha value is -3.52. The maximum absolute atomic E-state index is 13.4. The Morgan fingerprint density at radius 3 is 2.58 bits per heavy atom. The zero-order valence-corrected chi connectivity index (χ0v) is 18.6. The summed E-state index contributed by atoms with van der Waals surface area (Å²) in [4.78, 5) is 30.7. The molecule has 3 heterocycles. The Morgan fingerprint density at radius 1 is 1.10 bits per heavy atom. The van der Waals surface area contributed by atoms with Gasteiger partial charge in [-0.2, -0.15) is 5.10 Å². The van der Waals surface area contributed by atoms with Gasteiger partial charge >= 0.3 is 0 Å². The Morgan fingerprint density at radius 2 is 1.90 bits per heavy atom. The van der Waals surface area contributed by atoms with Crippen molar-refractivity contribution in [3.63, 3.8) is 0 Å². The van der Waals surface area contributed by atoms with Crippen molar-refractivity contribution in [1.82, 2.24) is 14.8 Å². The maximum atomic E-state index is 13.4. The second-order valence-electron chi connectivity index (χ2n) is 7.64. The number of carbonyl (C=O) groups is 2. The third-order valence-corrected chi connectivity index (χ3v) is 5.70. The molecule has 0 bridgehead atoms. The van der Waals surface area contributed by atoms with E-state index < -0.39 is 0 Å². The van der Waals surface area contributed by atoms with E-state index in [0.29, 0.717) is 28.0 Å². The van der Waals surface area contributed by atoms with Gasteiger partial charge in [-0.3, -0.25) is 9.59 Å². The quantitative estimate of drug-likeness (QED) is 0.449. The smallest absolute Gasteiger partial charge is 0.256 e. The number of thiophene rings is 1. The third kappa shape index (κ3) is 4.20. The van der Waals surface area contributed by atoms with Gasteiger partial charge in [0.25, 0.3) is 5.91 Å². The van der Waals surface area contributed by atoms with Crippen LogP contribution >= 0.6 is 11.3 Å². The zero-order chi connectivity index (χ0) is 22.1. The van der Waals surface area contributed by atoms with Gasteiger partial charge in [0.05, 0.1) is 39.1 Å². The minimum absolute atomic E-state index is 0.0997. The number of fused-ring (bicyclic) bond motifs is 1. The molecule has 0 spiro atoms. The van der Waals surface area contributed by atoms with Gasteiger partial charge in [-0.1, -0.05) is 12.1 Å². The maximum Gasteiger partial charge on any atom is 0.256 e. The number of hydrogen-bond donors (Lipinski definition) is 2. The molecule has 8 heteroatoms. The van der Waals surface area contributed by atoms with Crippen molar-refractivity contribution in [3.05, 3.63) is 59.1 Å². The number of anilines is 2. The van der Waals surface area contributed by atoms with Crippen LogP contribution in [0.25, 0.3) is 21.6 Å². The van der Waals surface area contributed by atoms with Crippen LogP contribution in [0, 0.1) is 6.92 Å². The van der Waals surface area contributed by atoms with Gasteiger partial charge in [0.15, 0.2) is 5.65 Å². The first-order valence-corrected chi connectivity index (χ1v) is 10.8. The van der Waals surface area contributed by atoms with Crippen molar-refractivity contribution in [2.24, 2.45) is 0 Å². The monoisotopic (exact) mass is 433 g/mol. The average molecular weight is 434 g/mol. The minimum atomic E-state index is -0.286. The number of aryl methyl sites for hydroxylation is 1. The number of hydrogen-bond acceptors (Lipinski definition) is 5. The van der Waals surface area contributed by atoms with Crippen molar-refractivity contribution in [2.45, 2.75) is 33.7 Å². The molecule has 0 aliphatic rings. The summed E-state index contributed by atoms with van der Waals surface area (Å²) in [7, 11) is 0. The molecule has 0 atom stereocenters. The number of amides is 2. The van der Waals surface area contributed by atoms with Crippen molar-refractivity contribution in [1.29, 1.82) is 0 Å². The lowest BCUT2D eigenvalue weighted by molar-refractivity contribution is -0.114. The Labute approximate surface area is 184 Å². The average Bonchev–Trinajstić information content (AvgIpc) is 3.38. The Kier molecular flexibility index (Phi) is 5.56. The van der Waals surface area contributed by atoms with E-state index in [1.807, 2.05) is 55.1 Å². The number of carbonyl (C=O) groups excluding carboxylic acids is 2. The SMILES string of the molecule is CC(=O)Nc1ccc(C)cc1NC(=O)c1cc(-c2cccs2)nc2c1cnn2C(C)C. The largest absolute Gasteiger partial charge is 0.325 e. The van der Waals surface area contributed by atoms with Gasteiger partial charge in [-0.15, -0.1) is 11.3 Å². The van der Waals surface area contributed by atoms with Crippen LogP contribution in [0.2, 0.25) is 0 Å². The van der Waals surface area contributed by atoms with Gasteiger partial charge in [0.1, 0.15) is 0 Å². The van der Waals surface area contributed by atoms with Crippen molar-refractivity contribution < 1.29 is 9.59 Å². The van der Waals surface area contributed by atoms with Crippen LogP contribution in [0.3, 0.4) is 0 Å². The van der Waals surface area contributed by atoms with E-state index in [1.54, 1.807) is 29.7 Å². The Bertz CT molecular complexity index is 1270. The normalized spacial score (nSPS) is 11.1. The molecule has 0 radical (unpaired) electrons. The van der Waals surface area contributed by atoms with Gasteiger partial charge in [-0.05, 0) is 56.0 Å². The highest BCUT2D eigenvalue weighted by Crippen LogP contribution is 2.30. The first-order valence-electron chi connectivity index (χ1n) is 9.95. The van der Waals surface area contributed by atoms with Crippen molar-refractivity contribution >= 4 is 45.6 Å². The van der Waals surface area contributed by atoms with E-state index in [1.165, 1.54) is 6.92 Å². The van der Waals surface area contributed by atoms with Crippen LogP contribution in [0.15, 0.2) is 48.0 Å². The number of rotatable bonds is 5. The van der Waals surface area contributed by atoms with Crippen LogP contribution in [-0.4, -0.2) is 26.6 Å². The van der Waals surface area contributed by atoms with Crippen molar-refractivity contribution in [2.75, 3.05) is 10.6 Å². The second-order valence-corrected chi connectivity index (χ2v) is 8.58. The molecule has 0 unspecified atom stereocenters. The van der Waals surface area contributed by atoms with E-state index in [4.69, 9.17) is 4.98 Å². The molecule has 7 nitrogen and oxygen atoms in total. The highest BCUT2D eigenvalue weighted by atomic mass is 32.1. The molecule has 0 saturated heterocycles. The van der Waals surface area contributed by atoms with E-state index >= 15 is 0 Å². The summed E-state index contributed by atoms with van der Waals surface area (Å²) in [6.45, 7) is 7.42. The highest BCUT2D eigenvalue weighted by Gasteiger charge is 2.20. The number of nitrogens with one attached hydrogen (secondary N) is 2. The lowest BCUT2D eigenvalue weighted by Gasteiger charge is -2.14. The lowest BCUT2D eigenvalue weighted by Crippen LogP contribution is -2.16. The van der Waals surface area contributed by atoms with Crippen LogP contribution in [0.1, 0.15) is 42.7 Å². The van der Waals surface area contributed by atoms with Gasteiger partial charge in [0.2, 0.25) is 5.91 Å². The molecule has 0 saturated carbocycles. The fourth-order valence-corrected chi connectivity index (χ4v) is 4.07. The molecule has 0 aliphatic heterocycles. The predicted molar refractivity (Wildman–Crippen MR) is 125 cm³/mol. The van der Waals surface area contributed by atoms with Gasteiger partial charge in [-0.25, -0.2) is 9.67 Å². The first kappa shape index (κ1) is 20.7. The summed E-state index contributed by atoms with van der Waals surface area (Å²) in [6, 6.07) is 11.3. The minimum Gasteiger partial charge on any atom is -0.325 e. The summed E-state index contributed by atoms with van der Waals surface area (Å²) in [6.07, 6.45) is 1.68. The molecule has 158 valence electrons. The first-order chi connectivity index (χ1) is 14.8. The third-order valence-electron chi connectivity index (χ3n) is 4.81. The van der Waals surface area contributed by atoms with Crippen LogP contribution in [0.5, 0.6) is 0 Å². The number of pyridine rings is 1. The highest BCUT2D eigenvalue weighted by molar-refractivity contribution is 7.13. The lowest BCUT2D eigenvalue weighted by atomic mass is 10.1. The molecule has 2 N–H and O–H groups in total. The molecule has 4 rings (SSSR count). The Balaban J connectivity index is 1.81. The van der Waals surface area contributed by atoms with E-state index in [9.17, 15) is 9.59 Å². The topological polar surface area (TPSA) is 88.9 Å². The fourth-order valence-electron chi connectivity index (χ4n) is 3.38. The molecular weight excluding hydrogens is 410 g/mol. The van der Waals surface area contributed by atoms with Crippen LogP contribution in [0.4, 0.5) is 11.4 Å². The molecule has 3 aromatic heterocycles. The van der Waals surface area contributed by atoms with Gasteiger partial charge < -0.3 is 10.6 Å². The van der Waals surface area contributed by atoms with E-state index in [2.05, 4.69) is 15.7 Å². The van der Waals surface area contributed by atoms with Crippen LogP contribution < -0.4 is 10.6 Å². The van der Waals surface area contributed by atoms with Crippen molar-refractivity contribution in [3.8, 4) is 10.6 Å². The fraction of sp³-hybridized carbons (Fsp3) is 0.217. The summed E-state index contributed by atoms with van der Waals surface area (Å²) in [5.41, 5.74) is 3.93. The molecule has 2 amide bonds. The molecule has 31 heavy (non-hydrogen) atoms. The molecule has 1 aromatic carbocycles. The zero-order valence-electron chi connectivity index (χ0n) is 17.8. The molecule has 4 aromatic rings.